The maximum Gasteiger partial charge on any atom is 0.268 e. The van der Waals surface area contributed by atoms with Gasteiger partial charge in [0.05, 0.1) is 12.0 Å². The summed E-state index contributed by atoms with van der Waals surface area (Å²) < 4.78 is 1.88. The number of aryl methyl sites for hydroxylation is 1. The molecule has 1 aromatic heterocycles. The van der Waals surface area contributed by atoms with E-state index in [1.165, 1.54) is 0 Å². The van der Waals surface area contributed by atoms with Crippen LogP contribution in [0.4, 0.5) is 0 Å². The van der Waals surface area contributed by atoms with E-state index >= 15 is 0 Å². The predicted octanol–water partition coefficient (Wildman–Crippen LogP) is 3.28. The van der Waals surface area contributed by atoms with Crippen LogP contribution in [0.15, 0.2) is 30.3 Å². The molecule has 1 aromatic carbocycles. The monoisotopic (exact) mass is 380 g/mol. The largest absolute Gasteiger partial charge is 0.347 e. The van der Waals surface area contributed by atoms with Crippen molar-refractivity contribution >= 4 is 22.7 Å². The number of nitriles is 1. The van der Waals surface area contributed by atoms with Crippen molar-refractivity contribution in [2.75, 3.05) is 0 Å². The molecule has 6 heteroatoms. The van der Waals surface area contributed by atoms with Crippen molar-refractivity contribution in [3.63, 3.8) is 0 Å². The molecule has 28 heavy (non-hydrogen) atoms. The van der Waals surface area contributed by atoms with Crippen LogP contribution in [0.5, 0.6) is 0 Å². The van der Waals surface area contributed by atoms with E-state index in [2.05, 4.69) is 16.7 Å². The molecule has 2 N–H and O–H groups in total. The lowest BCUT2D eigenvalue weighted by Crippen LogP contribution is -2.50. The highest BCUT2D eigenvalue weighted by atomic mass is 16.2. The van der Waals surface area contributed by atoms with Crippen LogP contribution in [0, 0.1) is 17.2 Å². The standard InChI is InChI=1S/C22H28N4O2/c1-3-8-16(14-23)24-21(27)17-10-5-6-11-18(17)25-22(28)20-13-15-9-4-7-12-19(15)26(20)2/h4,7,9,12-13,16-18H,3,5-6,8,10-11H2,1-2H3,(H,24,27)(H,25,28). The van der Waals surface area contributed by atoms with Crippen molar-refractivity contribution in [2.45, 2.75) is 57.5 Å². The fraction of sp³-hybridized carbons (Fsp3) is 0.500. The van der Waals surface area contributed by atoms with Crippen LogP contribution in [0.2, 0.25) is 0 Å². The van der Waals surface area contributed by atoms with Gasteiger partial charge in [-0.15, -0.1) is 0 Å². The number of fused-ring (bicyclic) bond motifs is 1. The minimum atomic E-state index is -0.464. The van der Waals surface area contributed by atoms with Gasteiger partial charge in [0.2, 0.25) is 5.91 Å². The molecule has 3 unspecified atom stereocenters. The van der Waals surface area contributed by atoms with E-state index in [1.807, 2.05) is 48.9 Å². The third-order valence-electron chi connectivity index (χ3n) is 5.65. The Kier molecular flexibility index (Phi) is 6.35. The Morgan fingerprint density at radius 3 is 2.75 bits per heavy atom. The van der Waals surface area contributed by atoms with Gasteiger partial charge in [-0.3, -0.25) is 9.59 Å². The lowest BCUT2D eigenvalue weighted by atomic mass is 9.83. The zero-order valence-electron chi connectivity index (χ0n) is 16.6. The van der Waals surface area contributed by atoms with Gasteiger partial charge in [0.25, 0.3) is 5.91 Å². The Labute approximate surface area is 165 Å². The number of rotatable bonds is 6. The Morgan fingerprint density at radius 2 is 2.04 bits per heavy atom. The Morgan fingerprint density at radius 1 is 1.29 bits per heavy atom. The fourth-order valence-electron chi connectivity index (χ4n) is 4.10. The van der Waals surface area contributed by atoms with Gasteiger partial charge in [0.15, 0.2) is 0 Å². The third kappa shape index (κ3) is 4.19. The van der Waals surface area contributed by atoms with Crippen LogP contribution in [-0.4, -0.2) is 28.5 Å². The van der Waals surface area contributed by atoms with Gasteiger partial charge in [-0.2, -0.15) is 5.26 Å². The summed E-state index contributed by atoms with van der Waals surface area (Å²) in [5.41, 5.74) is 1.59. The Balaban J connectivity index is 1.73. The lowest BCUT2D eigenvalue weighted by Gasteiger charge is -2.31. The van der Waals surface area contributed by atoms with E-state index in [-0.39, 0.29) is 23.8 Å². The molecule has 2 amide bonds. The molecule has 1 aliphatic rings. The molecule has 0 saturated heterocycles. The van der Waals surface area contributed by atoms with Gasteiger partial charge in [-0.25, -0.2) is 0 Å². The first-order valence-electron chi connectivity index (χ1n) is 10.1. The van der Waals surface area contributed by atoms with Crippen LogP contribution in [0.3, 0.4) is 0 Å². The normalized spacial score (nSPS) is 20.3. The second-order valence-electron chi connectivity index (χ2n) is 7.60. The molecule has 1 heterocycles. The summed E-state index contributed by atoms with van der Waals surface area (Å²) in [5, 5.41) is 16.2. The molecule has 1 aliphatic carbocycles. The predicted molar refractivity (Wildman–Crippen MR) is 109 cm³/mol. The van der Waals surface area contributed by atoms with E-state index < -0.39 is 6.04 Å². The molecule has 0 spiro atoms. The summed E-state index contributed by atoms with van der Waals surface area (Å²) in [6.07, 6.45) is 4.94. The van der Waals surface area contributed by atoms with E-state index in [0.29, 0.717) is 12.1 Å². The third-order valence-corrected chi connectivity index (χ3v) is 5.65. The second kappa shape index (κ2) is 8.92. The van der Waals surface area contributed by atoms with E-state index in [1.54, 1.807) is 0 Å². The fourth-order valence-corrected chi connectivity index (χ4v) is 4.10. The van der Waals surface area contributed by atoms with E-state index in [4.69, 9.17) is 0 Å². The Bertz CT molecular complexity index is 896. The van der Waals surface area contributed by atoms with Gasteiger partial charge in [0, 0.05) is 24.0 Å². The number of amides is 2. The first-order valence-corrected chi connectivity index (χ1v) is 10.1. The van der Waals surface area contributed by atoms with Crippen molar-refractivity contribution in [1.29, 1.82) is 5.26 Å². The van der Waals surface area contributed by atoms with Gasteiger partial charge < -0.3 is 15.2 Å². The van der Waals surface area contributed by atoms with Gasteiger partial charge in [-0.1, -0.05) is 44.4 Å². The molecule has 0 bridgehead atoms. The quantitative estimate of drug-likeness (QED) is 0.806. The van der Waals surface area contributed by atoms with Gasteiger partial charge in [-0.05, 0) is 31.4 Å². The maximum atomic E-state index is 12.9. The minimum Gasteiger partial charge on any atom is -0.347 e. The van der Waals surface area contributed by atoms with Crippen molar-refractivity contribution in [1.82, 2.24) is 15.2 Å². The summed E-state index contributed by atoms with van der Waals surface area (Å²) in [5.74, 6) is -0.573. The summed E-state index contributed by atoms with van der Waals surface area (Å²) in [4.78, 5) is 25.7. The zero-order valence-corrected chi connectivity index (χ0v) is 16.6. The molecular formula is C22H28N4O2. The average molecular weight is 380 g/mol. The summed E-state index contributed by atoms with van der Waals surface area (Å²) in [6.45, 7) is 1.99. The van der Waals surface area contributed by atoms with E-state index in [9.17, 15) is 14.9 Å². The smallest absolute Gasteiger partial charge is 0.268 e. The first-order chi connectivity index (χ1) is 13.5. The molecule has 0 radical (unpaired) electrons. The number of nitrogens with zero attached hydrogens (tertiary/aromatic N) is 2. The summed E-state index contributed by atoms with van der Waals surface area (Å²) in [6, 6.07) is 11.2. The maximum absolute atomic E-state index is 12.9. The van der Waals surface area contributed by atoms with Crippen LogP contribution in [0.25, 0.3) is 10.9 Å². The first kappa shape index (κ1) is 19.9. The number of carbonyl (C=O) groups excluding carboxylic acids is 2. The molecular weight excluding hydrogens is 352 g/mol. The number of carbonyl (C=O) groups is 2. The second-order valence-corrected chi connectivity index (χ2v) is 7.60. The Hall–Kier alpha value is -2.81. The zero-order chi connectivity index (χ0) is 20.1. The lowest BCUT2D eigenvalue weighted by molar-refractivity contribution is -0.127. The SMILES string of the molecule is CCCC(C#N)NC(=O)C1CCCCC1NC(=O)c1cc2ccccc2n1C. The molecule has 3 atom stereocenters. The van der Waals surface area contributed by atoms with Crippen molar-refractivity contribution in [2.24, 2.45) is 13.0 Å². The average Bonchev–Trinajstić information content (AvgIpc) is 3.05. The highest BCUT2D eigenvalue weighted by molar-refractivity contribution is 5.99. The van der Waals surface area contributed by atoms with Crippen LogP contribution < -0.4 is 10.6 Å². The minimum absolute atomic E-state index is 0.123. The van der Waals surface area contributed by atoms with Gasteiger partial charge >= 0.3 is 0 Å². The topological polar surface area (TPSA) is 86.9 Å². The van der Waals surface area contributed by atoms with Crippen LogP contribution in [0.1, 0.15) is 55.9 Å². The van der Waals surface area contributed by atoms with Crippen molar-refractivity contribution in [3.05, 3.63) is 36.0 Å². The number of aromatic nitrogens is 1. The number of nitrogens with one attached hydrogen (secondary N) is 2. The summed E-state index contributed by atoms with van der Waals surface area (Å²) in [7, 11) is 1.88. The molecule has 6 nitrogen and oxygen atoms in total. The van der Waals surface area contributed by atoms with E-state index in [0.717, 1.165) is 43.0 Å². The summed E-state index contributed by atoms with van der Waals surface area (Å²) >= 11 is 0. The molecule has 2 aromatic rings. The van der Waals surface area contributed by atoms with Gasteiger partial charge in [0.1, 0.15) is 11.7 Å². The highest BCUT2D eigenvalue weighted by Gasteiger charge is 2.33. The molecule has 148 valence electrons. The van der Waals surface area contributed by atoms with Crippen LogP contribution >= 0.6 is 0 Å². The number of benzene rings is 1. The number of hydrogen-bond acceptors (Lipinski definition) is 3. The molecule has 1 saturated carbocycles. The molecule has 3 rings (SSSR count). The highest BCUT2D eigenvalue weighted by Crippen LogP contribution is 2.26. The molecule has 1 fully saturated rings. The van der Waals surface area contributed by atoms with Crippen molar-refractivity contribution in [3.8, 4) is 6.07 Å². The molecule has 0 aliphatic heterocycles. The van der Waals surface area contributed by atoms with Crippen molar-refractivity contribution < 1.29 is 9.59 Å². The number of para-hydroxylation sites is 1. The van der Waals surface area contributed by atoms with Crippen LogP contribution in [-0.2, 0) is 11.8 Å². The number of hydrogen-bond donors (Lipinski definition) is 2.